The first kappa shape index (κ1) is 39.2. The van der Waals surface area contributed by atoms with Crippen molar-refractivity contribution in [3.63, 3.8) is 0 Å². The summed E-state index contributed by atoms with van der Waals surface area (Å²) in [4.78, 5) is 15.7. The maximum atomic E-state index is 5.30. The Balaban J connectivity index is 1.14. The molecule has 0 aliphatic rings. The number of hydrogen-bond acceptors (Lipinski definition) is 3. The summed E-state index contributed by atoms with van der Waals surface area (Å²) < 4.78 is 4.83. The summed E-state index contributed by atoms with van der Waals surface area (Å²) in [5, 5.41) is 4.76. The second-order valence-electron chi connectivity index (χ2n) is 17.2. The molecule has 0 saturated carbocycles. The Kier molecular flexibility index (Phi) is 9.43. The summed E-state index contributed by atoms with van der Waals surface area (Å²) in [5.41, 5.74) is 16.2. The lowest BCUT2D eigenvalue weighted by atomic mass is 9.94. The predicted molar refractivity (Wildman–Crippen MR) is 281 cm³/mol. The summed E-state index contributed by atoms with van der Waals surface area (Å²) >= 11 is 0. The van der Waals surface area contributed by atoms with Gasteiger partial charge in [-0.05, 0) is 88.0 Å². The molecule has 0 aliphatic heterocycles. The lowest BCUT2D eigenvalue weighted by Gasteiger charge is -2.17. The van der Waals surface area contributed by atoms with E-state index in [1.165, 1.54) is 32.8 Å². The van der Waals surface area contributed by atoms with Gasteiger partial charge in [-0.15, -0.1) is 0 Å². The zero-order valence-electron chi connectivity index (χ0n) is 36.9. The Morgan fingerprint density at radius 1 is 0.250 bits per heavy atom. The van der Waals surface area contributed by atoms with Crippen LogP contribution in [0.4, 0.5) is 0 Å². The molecule has 0 aliphatic carbocycles. The normalized spacial score (nSPS) is 11.5. The molecule has 0 amide bonds. The van der Waals surface area contributed by atoms with Gasteiger partial charge >= 0.3 is 0 Å². The van der Waals surface area contributed by atoms with Crippen LogP contribution in [-0.2, 0) is 0 Å². The minimum atomic E-state index is 0.595. The van der Waals surface area contributed by atoms with Crippen LogP contribution in [0.5, 0.6) is 0 Å². The van der Waals surface area contributed by atoms with E-state index in [0.717, 1.165) is 72.3 Å². The molecule has 0 atom stereocenters. The molecule has 0 N–H and O–H groups in total. The van der Waals surface area contributed by atoms with Crippen molar-refractivity contribution >= 4 is 43.6 Å². The van der Waals surface area contributed by atoms with Gasteiger partial charge in [-0.3, -0.25) is 0 Å². The molecule has 13 rings (SSSR count). The predicted octanol–water partition coefficient (Wildman–Crippen LogP) is 16.1. The van der Waals surface area contributed by atoms with E-state index in [1.54, 1.807) is 0 Å². The number of aromatic nitrogens is 5. The monoisotopic (exact) mass is 867 g/mol. The quantitative estimate of drug-likeness (QED) is 0.153. The van der Waals surface area contributed by atoms with Gasteiger partial charge in [-0.2, -0.15) is 0 Å². The molecule has 5 heteroatoms. The van der Waals surface area contributed by atoms with Crippen LogP contribution < -0.4 is 0 Å². The molecule has 0 bridgehead atoms. The minimum absolute atomic E-state index is 0.595. The fourth-order valence-corrected chi connectivity index (χ4v) is 10.1. The molecule has 10 aromatic carbocycles. The Bertz CT molecular complexity index is 3930. The van der Waals surface area contributed by atoms with Crippen molar-refractivity contribution < 1.29 is 0 Å². The van der Waals surface area contributed by atoms with E-state index in [2.05, 4.69) is 221 Å². The van der Waals surface area contributed by atoms with Crippen molar-refractivity contribution in [2.45, 2.75) is 0 Å². The van der Waals surface area contributed by atoms with Crippen LogP contribution in [0.15, 0.2) is 249 Å². The van der Waals surface area contributed by atoms with E-state index in [9.17, 15) is 0 Å². The van der Waals surface area contributed by atoms with E-state index in [-0.39, 0.29) is 0 Å². The summed E-state index contributed by atoms with van der Waals surface area (Å²) in [6.07, 6.45) is 0. The first-order valence-corrected chi connectivity index (χ1v) is 23.0. The van der Waals surface area contributed by atoms with Crippen molar-refractivity contribution in [1.82, 2.24) is 24.1 Å². The molecule has 0 saturated heterocycles. The number of para-hydroxylation sites is 2. The Morgan fingerprint density at radius 3 is 1.29 bits per heavy atom. The van der Waals surface area contributed by atoms with Gasteiger partial charge in [0.2, 0.25) is 0 Å². The van der Waals surface area contributed by atoms with Crippen molar-refractivity contribution in [2.75, 3.05) is 0 Å². The van der Waals surface area contributed by atoms with Crippen LogP contribution >= 0.6 is 0 Å². The van der Waals surface area contributed by atoms with Crippen LogP contribution in [0.2, 0.25) is 0 Å². The largest absolute Gasteiger partial charge is 0.309 e. The first-order chi connectivity index (χ1) is 33.7. The van der Waals surface area contributed by atoms with Gasteiger partial charge in [-0.1, -0.05) is 194 Å². The summed E-state index contributed by atoms with van der Waals surface area (Å²) in [5.74, 6) is 1.83. The third-order valence-corrected chi connectivity index (χ3v) is 13.2. The van der Waals surface area contributed by atoms with Gasteiger partial charge in [0.25, 0.3) is 0 Å². The number of rotatable bonds is 8. The minimum Gasteiger partial charge on any atom is -0.309 e. The molecule has 5 nitrogen and oxygen atoms in total. The van der Waals surface area contributed by atoms with Crippen molar-refractivity contribution in [3.05, 3.63) is 249 Å². The van der Waals surface area contributed by atoms with Gasteiger partial charge in [0.1, 0.15) is 0 Å². The third kappa shape index (κ3) is 6.59. The van der Waals surface area contributed by atoms with E-state index >= 15 is 0 Å². The fraction of sp³-hybridized carbons (Fsp3) is 0. The fourth-order valence-electron chi connectivity index (χ4n) is 10.1. The van der Waals surface area contributed by atoms with Crippen LogP contribution in [0.25, 0.3) is 123 Å². The SMILES string of the molecule is c1ccc(-c2ccc(-c3nc(-c4ccccc4)nc(-c4ccccc4)n3)c(-n3c4ccc(-c5ccccc5)cc4c4c(-c5cccc6c5c5ccccc5n6-c5ccccc5)cccc43)c2)cc1. The highest BCUT2D eigenvalue weighted by Crippen LogP contribution is 2.46. The van der Waals surface area contributed by atoms with Gasteiger partial charge < -0.3 is 9.13 Å². The van der Waals surface area contributed by atoms with E-state index < -0.39 is 0 Å². The Hall–Kier alpha value is -9.19. The zero-order valence-corrected chi connectivity index (χ0v) is 36.9. The molecule has 68 heavy (non-hydrogen) atoms. The van der Waals surface area contributed by atoms with Gasteiger partial charge in [-0.25, -0.2) is 15.0 Å². The third-order valence-electron chi connectivity index (χ3n) is 13.2. The van der Waals surface area contributed by atoms with Crippen LogP contribution in [-0.4, -0.2) is 24.1 Å². The van der Waals surface area contributed by atoms with Crippen LogP contribution in [0.1, 0.15) is 0 Å². The molecule has 0 unspecified atom stereocenters. The van der Waals surface area contributed by atoms with Crippen LogP contribution in [0, 0.1) is 0 Å². The number of benzene rings is 10. The number of fused-ring (bicyclic) bond motifs is 6. The van der Waals surface area contributed by atoms with Gasteiger partial charge in [0.15, 0.2) is 17.5 Å². The molecule has 0 spiro atoms. The maximum Gasteiger partial charge on any atom is 0.166 e. The van der Waals surface area contributed by atoms with Crippen molar-refractivity contribution in [2.24, 2.45) is 0 Å². The van der Waals surface area contributed by atoms with Crippen LogP contribution in [0.3, 0.4) is 0 Å². The van der Waals surface area contributed by atoms with Gasteiger partial charge in [0, 0.05) is 43.9 Å². The number of hydrogen-bond donors (Lipinski definition) is 0. The summed E-state index contributed by atoms with van der Waals surface area (Å²) in [6, 6.07) is 88.3. The summed E-state index contributed by atoms with van der Waals surface area (Å²) in [7, 11) is 0. The highest BCUT2D eigenvalue weighted by atomic mass is 15.1. The molecule has 0 fully saturated rings. The lowest BCUT2D eigenvalue weighted by molar-refractivity contribution is 1.06. The lowest BCUT2D eigenvalue weighted by Crippen LogP contribution is -2.04. The average Bonchev–Trinajstić information content (AvgIpc) is 3.95. The van der Waals surface area contributed by atoms with E-state index in [1.807, 2.05) is 36.4 Å². The molecular weight excluding hydrogens is 827 g/mol. The topological polar surface area (TPSA) is 48.5 Å². The van der Waals surface area contributed by atoms with Gasteiger partial charge in [0.05, 0.1) is 27.8 Å². The molecule has 3 aromatic heterocycles. The Morgan fingerprint density at radius 2 is 0.691 bits per heavy atom. The highest BCUT2D eigenvalue weighted by molar-refractivity contribution is 6.22. The second kappa shape index (κ2) is 16.4. The zero-order chi connectivity index (χ0) is 45.0. The standard InChI is InChI=1S/C63H41N5/c1-6-20-42(21-7-1)46-37-39-55-53(40-46)60-50(49-31-18-34-56-59(49)51-30-16-17-33-54(51)67(56)48-28-14-5-15-29-48)32-19-35-57(60)68(55)58-41-47(43-22-8-2-9-23-43)36-38-52(58)63-65-61(44-24-10-3-11-25-44)64-62(66-63)45-26-12-4-13-27-45/h1-41H. The van der Waals surface area contributed by atoms with Crippen molar-refractivity contribution in [3.8, 4) is 78.9 Å². The smallest absolute Gasteiger partial charge is 0.166 e. The average molecular weight is 868 g/mol. The number of nitrogens with zero attached hydrogens (tertiary/aromatic N) is 5. The molecule has 13 aromatic rings. The highest BCUT2D eigenvalue weighted by Gasteiger charge is 2.24. The second-order valence-corrected chi connectivity index (χ2v) is 17.2. The maximum absolute atomic E-state index is 5.30. The molecule has 0 radical (unpaired) electrons. The summed E-state index contributed by atoms with van der Waals surface area (Å²) in [6.45, 7) is 0. The Labute approximate surface area is 393 Å². The molecule has 318 valence electrons. The van der Waals surface area contributed by atoms with E-state index in [4.69, 9.17) is 15.0 Å². The van der Waals surface area contributed by atoms with E-state index in [0.29, 0.717) is 17.5 Å². The van der Waals surface area contributed by atoms with Crippen molar-refractivity contribution in [1.29, 1.82) is 0 Å². The molecule has 3 heterocycles. The first-order valence-electron chi connectivity index (χ1n) is 23.0. The molecular formula is C63H41N5.